The molecule has 0 radical (unpaired) electrons. The summed E-state index contributed by atoms with van der Waals surface area (Å²) in [5, 5.41) is 5.49. The molecule has 0 aromatic heterocycles. The zero-order valence-corrected chi connectivity index (χ0v) is 15.9. The van der Waals surface area contributed by atoms with E-state index in [1.54, 1.807) is 31.2 Å². The second-order valence-corrected chi connectivity index (χ2v) is 6.05. The number of ether oxygens (including phenoxy) is 2. The van der Waals surface area contributed by atoms with Crippen LogP contribution in [0.1, 0.15) is 31.1 Å². The number of allylic oxidation sites excluding steroid dienone is 1. The molecule has 0 fully saturated rings. The molecule has 0 unspecified atom stereocenters. The van der Waals surface area contributed by atoms with Crippen LogP contribution >= 0.6 is 0 Å². The molecule has 2 aromatic rings. The molecule has 0 aliphatic rings. The van der Waals surface area contributed by atoms with Crippen molar-refractivity contribution in [2.45, 2.75) is 20.8 Å². The zero-order chi connectivity index (χ0) is 20.5. The van der Waals surface area contributed by atoms with E-state index in [9.17, 15) is 14.4 Å². The summed E-state index contributed by atoms with van der Waals surface area (Å²) in [4.78, 5) is 35.3. The molecular weight excluding hydrogens is 360 g/mol. The first-order valence-corrected chi connectivity index (χ1v) is 8.69. The molecule has 0 aliphatic carbocycles. The normalized spacial score (nSPS) is 9.82. The maximum absolute atomic E-state index is 12.3. The summed E-state index contributed by atoms with van der Waals surface area (Å²) in [5.41, 5.74) is 2.51. The number of benzene rings is 2. The highest BCUT2D eigenvalue weighted by atomic mass is 16.7. The van der Waals surface area contributed by atoms with Gasteiger partial charge in [-0.05, 0) is 69.3 Å². The molecule has 2 rings (SSSR count). The molecule has 7 nitrogen and oxygen atoms in total. The highest BCUT2D eigenvalue weighted by Crippen LogP contribution is 2.17. The fraction of sp³-hybridized carbons (Fsp3) is 0.190. The zero-order valence-electron chi connectivity index (χ0n) is 15.9. The summed E-state index contributed by atoms with van der Waals surface area (Å²) < 4.78 is 9.63. The van der Waals surface area contributed by atoms with Gasteiger partial charge in [-0.25, -0.2) is 4.79 Å². The van der Waals surface area contributed by atoms with Crippen LogP contribution in [0, 0.1) is 0 Å². The molecule has 0 saturated carbocycles. The van der Waals surface area contributed by atoms with Crippen LogP contribution in [0.15, 0.2) is 60.2 Å². The third kappa shape index (κ3) is 6.60. The lowest BCUT2D eigenvalue weighted by Crippen LogP contribution is -2.13. The monoisotopic (exact) mass is 382 g/mol. The third-order valence-electron chi connectivity index (χ3n) is 3.41. The number of hydrogen-bond donors (Lipinski definition) is 2. The minimum absolute atomic E-state index is 0.207. The number of carbonyl (C=O) groups is 3. The Morgan fingerprint density at radius 2 is 1.46 bits per heavy atom. The van der Waals surface area contributed by atoms with Crippen molar-refractivity contribution in [2.75, 3.05) is 17.2 Å². The van der Waals surface area contributed by atoms with Gasteiger partial charge in [0.25, 0.3) is 5.91 Å². The maximum Gasteiger partial charge on any atom is 0.513 e. The average Bonchev–Trinajstić information content (AvgIpc) is 2.63. The lowest BCUT2D eigenvalue weighted by atomic mass is 10.2. The fourth-order valence-electron chi connectivity index (χ4n) is 2.20. The molecule has 0 atom stereocenters. The second-order valence-electron chi connectivity index (χ2n) is 6.05. The number of hydrogen-bond acceptors (Lipinski definition) is 5. The summed E-state index contributed by atoms with van der Waals surface area (Å²) in [7, 11) is 0. The van der Waals surface area contributed by atoms with Gasteiger partial charge in [-0.15, -0.1) is 0 Å². The molecule has 0 saturated heterocycles. The Bertz CT molecular complexity index is 867. The van der Waals surface area contributed by atoms with Gasteiger partial charge in [0.15, 0.2) is 0 Å². The minimum Gasteiger partial charge on any atom is -0.434 e. The van der Waals surface area contributed by atoms with Crippen LogP contribution in [-0.2, 0) is 9.53 Å². The van der Waals surface area contributed by atoms with Crippen LogP contribution in [0.3, 0.4) is 0 Å². The predicted octanol–water partition coefficient (Wildman–Crippen LogP) is 4.38. The Kier molecular flexibility index (Phi) is 7.33. The van der Waals surface area contributed by atoms with Gasteiger partial charge in [0.1, 0.15) is 5.75 Å². The first kappa shape index (κ1) is 20.7. The van der Waals surface area contributed by atoms with Crippen molar-refractivity contribution in [1.82, 2.24) is 0 Å². The van der Waals surface area contributed by atoms with Crippen LogP contribution in [0.25, 0.3) is 0 Å². The van der Waals surface area contributed by atoms with Crippen molar-refractivity contribution in [1.29, 1.82) is 0 Å². The third-order valence-corrected chi connectivity index (χ3v) is 3.41. The summed E-state index contributed by atoms with van der Waals surface area (Å²) in [5.74, 6) is -0.239. The Labute approximate surface area is 163 Å². The van der Waals surface area contributed by atoms with Gasteiger partial charge < -0.3 is 20.1 Å². The maximum atomic E-state index is 12.3. The Hall–Kier alpha value is -3.61. The molecule has 2 amide bonds. The first-order valence-electron chi connectivity index (χ1n) is 8.69. The van der Waals surface area contributed by atoms with Crippen molar-refractivity contribution in [3.63, 3.8) is 0 Å². The van der Waals surface area contributed by atoms with E-state index in [4.69, 9.17) is 4.74 Å². The number of anilines is 2. The van der Waals surface area contributed by atoms with Gasteiger partial charge in [0.05, 0.1) is 6.61 Å². The Balaban J connectivity index is 1.94. The van der Waals surface area contributed by atoms with Crippen LogP contribution in [0.2, 0.25) is 0 Å². The summed E-state index contributed by atoms with van der Waals surface area (Å²) >= 11 is 0. The average molecular weight is 382 g/mol. The Morgan fingerprint density at radius 3 is 2.00 bits per heavy atom. The molecule has 0 spiro atoms. The van der Waals surface area contributed by atoms with E-state index in [1.165, 1.54) is 30.3 Å². The molecule has 2 N–H and O–H groups in total. The van der Waals surface area contributed by atoms with E-state index in [-0.39, 0.29) is 24.2 Å². The smallest absolute Gasteiger partial charge is 0.434 e. The van der Waals surface area contributed by atoms with Gasteiger partial charge in [-0.2, -0.15) is 0 Å². The molecule has 146 valence electrons. The molecular formula is C21H22N2O5. The summed E-state index contributed by atoms with van der Waals surface area (Å²) in [6.45, 7) is 5.58. The number of rotatable bonds is 6. The van der Waals surface area contributed by atoms with Gasteiger partial charge in [-0.3, -0.25) is 9.59 Å². The quantitative estimate of drug-likeness (QED) is 0.439. The summed E-state index contributed by atoms with van der Waals surface area (Å²) in [6.07, 6.45) is 0.710. The van der Waals surface area contributed by atoms with Gasteiger partial charge >= 0.3 is 6.16 Å². The van der Waals surface area contributed by atoms with Crippen LogP contribution < -0.4 is 15.4 Å². The molecule has 0 bridgehead atoms. The van der Waals surface area contributed by atoms with E-state index in [0.29, 0.717) is 16.9 Å². The van der Waals surface area contributed by atoms with Crippen LogP contribution in [0.5, 0.6) is 5.75 Å². The lowest BCUT2D eigenvalue weighted by Gasteiger charge is -2.08. The van der Waals surface area contributed by atoms with Crippen LogP contribution in [0.4, 0.5) is 16.2 Å². The van der Waals surface area contributed by atoms with E-state index in [0.717, 1.165) is 5.57 Å². The molecule has 0 aliphatic heterocycles. The Morgan fingerprint density at radius 1 is 0.893 bits per heavy atom. The van der Waals surface area contributed by atoms with Crippen molar-refractivity contribution in [3.05, 3.63) is 65.7 Å². The van der Waals surface area contributed by atoms with Crippen molar-refractivity contribution in [3.8, 4) is 5.75 Å². The first-order chi connectivity index (χ1) is 13.4. The van der Waals surface area contributed by atoms with E-state index in [1.807, 2.05) is 13.8 Å². The second kappa shape index (κ2) is 9.91. The highest BCUT2D eigenvalue weighted by Gasteiger charge is 2.09. The largest absolute Gasteiger partial charge is 0.513 e. The standard InChI is InChI=1S/C21H22N2O5/c1-4-27-21(26)28-18-11-5-15(6-12-18)20(25)23-17-9-7-16(8-10-17)22-19(24)13-14(2)3/h5-13H,4H2,1-3H3,(H,22,24)(H,23,25). The van der Waals surface area contributed by atoms with Gasteiger partial charge in [-0.1, -0.05) is 5.57 Å². The lowest BCUT2D eigenvalue weighted by molar-refractivity contribution is -0.111. The van der Waals surface area contributed by atoms with E-state index >= 15 is 0 Å². The number of amides is 2. The van der Waals surface area contributed by atoms with Gasteiger partial charge in [0.2, 0.25) is 5.91 Å². The SMILES string of the molecule is CCOC(=O)Oc1ccc(C(=O)Nc2ccc(NC(=O)C=C(C)C)cc2)cc1. The highest BCUT2D eigenvalue weighted by molar-refractivity contribution is 6.04. The van der Waals surface area contributed by atoms with Crippen molar-refractivity contribution in [2.24, 2.45) is 0 Å². The van der Waals surface area contributed by atoms with Crippen molar-refractivity contribution >= 4 is 29.3 Å². The number of carbonyl (C=O) groups excluding carboxylic acids is 3. The van der Waals surface area contributed by atoms with E-state index in [2.05, 4.69) is 15.4 Å². The molecule has 28 heavy (non-hydrogen) atoms. The minimum atomic E-state index is -0.795. The van der Waals surface area contributed by atoms with Crippen molar-refractivity contribution < 1.29 is 23.9 Å². The van der Waals surface area contributed by atoms with E-state index < -0.39 is 6.16 Å². The van der Waals surface area contributed by atoms with Gasteiger partial charge in [0, 0.05) is 23.0 Å². The molecule has 2 aromatic carbocycles. The fourth-order valence-corrected chi connectivity index (χ4v) is 2.20. The van der Waals surface area contributed by atoms with Crippen LogP contribution in [-0.4, -0.2) is 24.6 Å². The number of nitrogens with one attached hydrogen (secondary N) is 2. The predicted molar refractivity (Wildman–Crippen MR) is 107 cm³/mol. The molecule has 7 heteroatoms. The summed E-state index contributed by atoms with van der Waals surface area (Å²) in [6, 6.07) is 12.9. The molecule has 0 heterocycles. The topological polar surface area (TPSA) is 93.7 Å².